The molecule has 0 fully saturated rings. The van der Waals surface area contributed by atoms with Gasteiger partial charge in [-0.15, -0.1) is 0 Å². The van der Waals surface area contributed by atoms with Gasteiger partial charge in [0.2, 0.25) is 5.91 Å². The first-order valence-electron chi connectivity index (χ1n) is 4.14. The number of hydrogen-bond donors (Lipinski definition) is 3. The van der Waals surface area contributed by atoms with Crippen LogP contribution in [0.5, 0.6) is 0 Å². The Bertz CT molecular complexity index is 132. The summed E-state index contributed by atoms with van der Waals surface area (Å²) in [6.45, 7) is 1.78. The molecule has 0 aromatic rings. The Morgan fingerprint density at radius 3 is 2.00 bits per heavy atom. The fourth-order valence-corrected chi connectivity index (χ4v) is 1.21. The summed E-state index contributed by atoms with van der Waals surface area (Å²) in [6, 6.07) is 0. The first-order chi connectivity index (χ1) is 5.63. The fourth-order valence-electron chi connectivity index (χ4n) is 1.21. The smallest absolute Gasteiger partial charge is 0.220 e. The maximum atomic E-state index is 10.7. The lowest BCUT2D eigenvalue weighted by Gasteiger charge is -2.19. The molecule has 4 nitrogen and oxygen atoms in total. The maximum absolute atomic E-state index is 10.7. The Balaban J connectivity index is 3.98. The summed E-state index contributed by atoms with van der Waals surface area (Å²) in [5.41, 5.74) is 5.10. The Labute approximate surface area is 72.4 Å². The van der Waals surface area contributed by atoms with E-state index < -0.39 is 0 Å². The highest BCUT2D eigenvalue weighted by Crippen LogP contribution is 2.18. The topological polar surface area (TPSA) is 83.6 Å². The molecule has 4 heteroatoms. The number of amides is 1. The standard InChI is InChI=1S/C8H17NO3/c1-6(8(9)12)7(2-4-10)3-5-11/h6-7,10-11H,2-5H2,1H3,(H2,9,12). The van der Waals surface area contributed by atoms with Crippen LogP contribution in [0, 0.1) is 11.8 Å². The molecule has 0 aliphatic heterocycles. The van der Waals surface area contributed by atoms with Crippen molar-refractivity contribution in [3.8, 4) is 0 Å². The van der Waals surface area contributed by atoms with Gasteiger partial charge in [-0.3, -0.25) is 4.79 Å². The molecule has 0 saturated carbocycles. The number of aliphatic hydroxyl groups is 2. The molecule has 0 bridgehead atoms. The van der Waals surface area contributed by atoms with Crippen LogP contribution in [0.3, 0.4) is 0 Å². The van der Waals surface area contributed by atoms with Gasteiger partial charge >= 0.3 is 0 Å². The van der Waals surface area contributed by atoms with Crippen LogP contribution < -0.4 is 5.73 Å². The van der Waals surface area contributed by atoms with E-state index >= 15 is 0 Å². The zero-order chi connectivity index (χ0) is 9.56. The van der Waals surface area contributed by atoms with Gasteiger partial charge in [-0.2, -0.15) is 0 Å². The molecule has 0 radical (unpaired) electrons. The zero-order valence-electron chi connectivity index (χ0n) is 7.36. The highest BCUT2D eigenvalue weighted by Gasteiger charge is 2.20. The molecule has 1 unspecified atom stereocenters. The summed E-state index contributed by atoms with van der Waals surface area (Å²) in [6.07, 6.45) is 1.04. The van der Waals surface area contributed by atoms with E-state index in [1.807, 2.05) is 0 Å². The second kappa shape index (κ2) is 5.97. The Hall–Kier alpha value is -0.610. The van der Waals surface area contributed by atoms with E-state index in [0.717, 1.165) is 0 Å². The predicted molar refractivity (Wildman–Crippen MR) is 45.3 cm³/mol. The lowest BCUT2D eigenvalue weighted by molar-refractivity contribution is -0.123. The van der Waals surface area contributed by atoms with Crippen LogP contribution in [-0.2, 0) is 4.79 Å². The molecular formula is C8H17NO3. The summed E-state index contributed by atoms with van der Waals surface area (Å²) in [4.78, 5) is 10.7. The minimum atomic E-state index is -0.373. The second-order valence-corrected chi connectivity index (χ2v) is 2.98. The molecule has 72 valence electrons. The van der Waals surface area contributed by atoms with Crippen LogP contribution in [-0.4, -0.2) is 29.3 Å². The fraction of sp³-hybridized carbons (Fsp3) is 0.875. The normalized spacial score (nSPS) is 13.3. The van der Waals surface area contributed by atoms with Crippen LogP contribution in [0.4, 0.5) is 0 Å². The third-order valence-electron chi connectivity index (χ3n) is 2.16. The summed E-state index contributed by atoms with van der Waals surface area (Å²) in [5.74, 6) is -0.649. The van der Waals surface area contributed by atoms with Crippen LogP contribution in [0.15, 0.2) is 0 Å². The van der Waals surface area contributed by atoms with Crippen LogP contribution in [0.2, 0.25) is 0 Å². The number of primary amides is 1. The summed E-state index contributed by atoms with van der Waals surface area (Å²) < 4.78 is 0. The van der Waals surface area contributed by atoms with Gasteiger partial charge in [-0.05, 0) is 18.8 Å². The van der Waals surface area contributed by atoms with Gasteiger partial charge in [0.15, 0.2) is 0 Å². The number of carbonyl (C=O) groups is 1. The van der Waals surface area contributed by atoms with E-state index in [-0.39, 0.29) is 31.0 Å². The quantitative estimate of drug-likeness (QED) is 0.508. The van der Waals surface area contributed by atoms with E-state index in [2.05, 4.69) is 0 Å². The molecule has 0 saturated heterocycles. The van der Waals surface area contributed by atoms with Crippen molar-refractivity contribution in [3.63, 3.8) is 0 Å². The molecule has 1 atom stereocenters. The van der Waals surface area contributed by atoms with Crippen LogP contribution in [0.1, 0.15) is 19.8 Å². The summed E-state index contributed by atoms with van der Waals surface area (Å²) in [7, 11) is 0. The SMILES string of the molecule is CC(C(N)=O)C(CCO)CCO. The summed E-state index contributed by atoms with van der Waals surface area (Å²) >= 11 is 0. The number of hydrogen-bond acceptors (Lipinski definition) is 3. The van der Waals surface area contributed by atoms with Gasteiger partial charge in [-0.1, -0.05) is 6.92 Å². The van der Waals surface area contributed by atoms with Crippen molar-refractivity contribution in [2.24, 2.45) is 17.6 Å². The number of nitrogens with two attached hydrogens (primary N) is 1. The lowest BCUT2D eigenvalue weighted by Crippen LogP contribution is -2.28. The predicted octanol–water partition coefficient (Wildman–Crippen LogP) is -0.511. The van der Waals surface area contributed by atoms with Gasteiger partial charge in [0.05, 0.1) is 0 Å². The Morgan fingerprint density at radius 1 is 1.33 bits per heavy atom. The number of carbonyl (C=O) groups excluding carboxylic acids is 1. The molecule has 0 aromatic carbocycles. The Morgan fingerprint density at radius 2 is 1.75 bits per heavy atom. The first kappa shape index (κ1) is 11.4. The molecule has 0 aromatic heterocycles. The second-order valence-electron chi connectivity index (χ2n) is 2.98. The molecule has 0 aliphatic rings. The Kier molecular flexibility index (Phi) is 5.66. The minimum Gasteiger partial charge on any atom is -0.396 e. The van der Waals surface area contributed by atoms with Crippen LogP contribution >= 0.6 is 0 Å². The van der Waals surface area contributed by atoms with Gasteiger partial charge in [0.1, 0.15) is 0 Å². The average Bonchev–Trinajstić information content (AvgIpc) is 2.03. The van der Waals surface area contributed by atoms with E-state index in [4.69, 9.17) is 15.9 Å². The van der Waals surface area contributed by atoms with Crippen molar-refractivity contribution in [1.29, 1.82) is 0 Å². The largest absolute Gasteiger partial charge is 0.396 e. The third kappa shape index (κ3) is 3.69. The first-order valence-corrected chi connectivity index (χ1v) is 4.14. The van der Waals surface area contributed by atoms with E-state index in [0.29, 0.717) is 12.8 Å². The van der Waals surface area contributed by atoms with Crippen molar-refractivity contribution in [1.82, 2.24) is 0 Å². The van der Waals surface area contributed by atoms with Crippen LogP contribution in [0.25, 0.3) is 0 Å². The molecule has 0 spiro atoms. The van der Waals surface area contributed by atoms with Gasteiger partial charge in [-0.25, -0.2) is 0 Å². The monoisotopic (exact) mass is 175 g/mol. The molecular weight excluding hydrogens is 158 g/mol. The van der Waals surface area contributed by atoms with Gasteiger partial charge in [0.25, 0.3) is 0 Å². The third-order valence-corrected chi connectivity index (χ3v) is 2.16. The van der Waals surface area contributed by atoms with E-state index in [9.17, 15) is 4.79 Å². The molecule has 0 rings (SSSR count). The number of aliphatic hydroxyl groups excluding tert-OH is 2. The van der Waals surface area contributed by atoms with Gasteiger partial charge in [0, 0.05) is 19.1 Å². The highest BCUT2D eigenvalue weighted by atomic mass is 16.3. The van der Waals surface area contributed by atoms with Gasteiger partial charge < -0.3 is 15.9 Å². The maximum Gasteiger partial charge on any atom is 0.220 e. The molecule has 1 amide bonds. The average molecular weight is 175 g/mol. The lowest BCUT2D eigenvalue weighted by atomic mass is 9.88. The van der Waals surface area contributed by atoms with Crippen molar-refractivity contribution in [2.75, 3.05) is 13.2 Å². The van der Waals surface area contributed by atoms with Crippen molar-refractivity contribution in [2.45, 2.75) is 19.8 Å². The van der Waals surface area contributed by atoms with E-state index in [1.165, 1.54) is 0 Å². The molecule has 12 heavy (non-hydrogen) atoms. The zero-order valence-corrected chi connectivity index (χ0v) is 7.36. The molecule has 4 N–H and O–H groups in total. The van der Waals surface area contributed by atoms with Crippen molar-refractivity contribution in [3.05, 3.63) is 0 Å². The summed E-state index contributed by atoms with van der Waals surface area (Å²) in [5, 5.41) is 17.3. The van der Waals surface area contributed by atoms with Crippen molar-refractivity contribution >= 4 is 5.91 Å². The molecule has 0 heterocycles. The van der Waals surface area contributed by atoms with Crippen molar-refractivity contribution < 1.29 is 15.0 Å². The number of rotatable bonds is 6. The molecule has 0 aliphatic carbocycles. The minimum absolute atomic E-state index is 0.00231. The van der Waals surface area contributed by atoms with E-state index in [1.54, 1.807) is 6.92 Å². The highest BCUT2D eigenvalue weighted by molar-refractivity contribution is 5.76.